The predicted octanol–water partition coefficient (Wildman–Crippen LogP) is 1.93. The van der Waals surface area contributed by atoms with Gasteiger partial charge in [-0.3, -0.25) is 4.90 Å². The monoisotopic (exact) mass is 220 g/mol. The molecule has 0 amide bonds. The van der Waals surface area contributed by atoms with Crippen molar-refractivity contribution in [2.45, 2.75) is 24.9 Å². The van der Waals surface area contributed by atoms with Gasteiger partial charge < -0.3 is 5.32 Å². The maximum atomic E-state index is 13.1. The molecule has 2 fully saturated rings. The summed E-state index contributed by atoms with van der Waals surface area (Å²) in [4.78, 5) is 2.53. The van der Waals surface area contributed by atoms with E-state index in [1.165, 1.54) is 18.9 Å². The Hall–Kier alpha value is -0.930. The predicted molar refractivity (Wildman–Crippen MR) is 61.7 cm³/mol. The van der Waals surface area contributed by atoms with Gasteiger partial charge in [0.2, 0.25) is 0 Å². The molecule has 16 heavy (non-hydrogen) atoms. The van der Waals surface area contributed by atoms with E-state index in [1.54, 1.807) is 12.1 Å². The van der Waals surface area contributed by atoms with Crippen LogP contribution in [0.15, 0.2) is 24.3 Å². The molecule has 0 bridgehead atoms. The Bertz CT molecular complexity index is 376. The van der Waals surface area contributed by atoms with Gasteiger partial charge in [-0.05, 0) is 30.5 Å². The summed E-state index contributed by atoms with van der Waals surface area (Å²) in [6, 6.07) is 8.06. The topological polar surface area (TPSA) is 15.3 Å². The Balaban J connectivity index is 1.73. The number of nitrogens with one attached hydrogen (secondary N) is 1. The second-order valence-electron chi connectivity index (χ2n) is 4.79. The van der Waals surface area contributed by atoms with Crippen molar-refractivity contribution in [2.75, 3.05) is 19.6 Å². The fourth-order valence-electron chi connectivity index (χ4n) is 2.49. The summed E-state index contributed by atoms with van der Waals surface area (Å²) >= 11 is 0. The van der Waals surface area contributed by atoms with Crippen LogP contribution in [0.5, 0.6) is 0 Å². The summed E-state index contributed by atoms with van der Waals surface area (Å²) in [5.74, 6) is -0.136. The van der Waals surface area contributed by atoms with Gasteiger partial charge in [0.25, 0.3) is 0 Å². The lowest BCUT2D eigenvalue weighted by Gasteiger charge is -2.34. The highest BCUT2D eigenvalue weighted by Gasteiger charge is 2.32. The van der Waals surface area contributed by atoms with E-state index in [0.29, 0.717) is 6.04 Å². The molecule has 86 valence electrons. The number of halogens is 1. The lowest BCUT2D eigenvalue weighted by Crippen LogP contribution is -2.46. The molecule has 1 aromatic rings. The van der Waals surface area contributed by atoms with Crippen LogP contribution in [0, 0.1) is 5.82 Å². The second-order valence-corrected chi connectivity index (χ2v) is 4.79. The van der Waals surface area contributed by atoms with Gasteiger partial charge in [-0.25, -0.2) is 4.39 Å². The van der Waals surface area contributed by atoms with E-state index >= 15 is 0 Å². The SMILES string of the molecule is Fc1cccc([C@H]2CN(C3CC3)CCN2)c1. The highest BCUT2D eigenvalue weighted by Crippen LogP contribution is 2.30. The third-order valence-corrected chi connectivity index (χ3v) is 3.52. The Morgan fingerprint density at radius 3 is 2.94 bits per heavy atom. The first-order valence-electron chi connectivity index (χ1n) is 6.06. The van der Waals surface area contributed by atoms with E-state index in [0.717, 1.165) is 31.2 Å². The molecule has 1 aromatic carbocycles. The molecule has 3 rings (SSSR count). The quantitative estimate of drug-likeness (QED) is 0.819. The first kappa shape index (κ1) is 10.2. The number of nitrogens with zero attached hydrogens (tertiary/aromatic N) is 1. The number of rotatable bonds is 2. The lowest BCUT2D eigenvalue weighted by molar-refractivity contribution is 0.192. The van der Waals surface area contributed by atoms with Gasteiger partial charge in [-0.15, -0.1) is 0 Å². The zero-order valence-electron chi connectivity index (χ0n) is 9.32. The molecule has 1 atom stereocenters. The van der Waals surface area contributed by atoms with Gasteiger partial charge in [0.05, 0.1) is 0 Å². The Kier molecular flexibility index (Phi) is 2.65. The van der Waals surface area contributed by atoms with Crippen LogP contribution >= 0.6 is 0 Å². The highest BCUT2D eigenvalue weighted by atomic mass is 19.1. The number of hydrogen-bond donors (Lipinski definition) is 1. The van der Waals surface area contributed by atoms with Crippen LogP contribution in [0.25, 0.3) is 0 Å². The fourth-order valence-corrected chi connectivity index (χ4v) is 2.49. The molecule has 0 radical (unpaired) electrons. The van der Waals surface area contributed by atoms with Crippen molar-refractivity contribution in [3.63, 3.8) is 0 Å². The van der Waals surface area contributed by atoms with Crippen molar-refractivity contribution in [1.82, 2.24) is 10.2 Å². The summed E-state index contributed by atoms with van der Waals surface area (Å²) in [6.07, 6.45) is 2.69. The van der Waals surface area contributed by atoms with Gasteiger partial charge in [0.15, 0.2) is 0 Å². The van der Waals surface area contributed by atoms with Crippen LogP contribution in [-0.4, -0.2) is 30.6 Å². The third-order valence-electron chi connectivity index (χ3n) is 3.52. The average molecular weight is 220 g/mol. The van der Waals surface area contributed by atoms with Crippen molar-refractivity contribution < 1.29 is 4.39 Å². The molecule has 0 unspecified atom stereocenters. The molecular weight excluding hydrogens is 203 g/mol. The van der Waals surface area contributed by atoms with E-state index in [-0.39, 0.29) is 5.82 Å². The van der Waals surface area contributed by atoms with Crippen LogP contribution in [0.1, 0.15) is 24.4 Å². The molecular formula is C13H17FN2. The van der Waals surface area contributed by atoms with Gasteiger partial charge in [0, 0.05) is 31.7 Å². The second kappa shape index (κ2) is 4.15. The summed E-state index contributed by atoms with van der Waals surface area (Å²) < 4.78 is 13.1. The zero-order chi connectivity index (χ0) is 11.0. The minimum atomic E-state index is -0.136. The summed E-state index contributed by atoms with van der Waals surface area (Å²) in [5, 5.41) is 3.47. The van der Waals surface area contributed by atoms with E-state index in [9.17, 15) is 4.39 Å². The summed E-state index contributed by atoms with van der Waals surface area (Å²) in [5.41, 5.74) is 1.07. The van der Waals surface area contributed by atoms with Crippen LogP contribution in [0.2, 0.25) is 0 Å². The van der Waals surface area contributed by atoms with E-state index < -0.39 is 0 Å². The van der Waals surface area contributed by atoms with Crippen molar-refractivity contribution in [3.8, 4) is 0 Å². The van der Waals surface area contributed by atoms with Crippen LogP contribution in [0.4, 0.5) is 4.39 Å². The van der Waals surface area contributed by atoms with Gasteiger partial charge in [-0.2, -0.15) is 0 Å². The summed E-state index contributed by atoms with van der Waals surface area (Å²) in [7, 11) is 0. The maximum absolute atomic E-state index is 13.1. The van der Waals surface area contributed by atoms with E-state index in [1.807, 2.05) is 6.07 Å². The molecule has 1 aliphatic carbocycles. The first-order chi connectivity index (χ1) is 7.83. The van der Waals surface area contributed by atoms with E-state index in [4.69, 9.17) is 0 Å². The zero-order valence-corrected chi connectivity index (χ0v) is 9.32. The minimum Gasteiger partial charge on any atom is -0.308 e. The number of piperazine rings is 1. The largest absolute Gasteiger partial charge is 0.308 e. The van der Waals surface area contributed by atoms with E-state index in [2.05, 4.69) is 10.2 Å². The van der Waals surface area contributed by atoms with Crippen molar-refractivity contribution in [1.29, 1.82) is 0 Å². The van der Waals surface area contributed by atoms with Crippen LogP contribution < -0.4 is 5.32 Å². The highest BCUT2D eigenvalue weighted by molar-refractivity contribution is 5.21. The molecule has 2 nitrogen and oxygen atoms in total. The number of benzene rings is 1. The first-order valence-corrected chi connectivity index (χ1v) is 6.06. The summed E-state index contributed by atoms with van der Waals surface area (Å²) in [6.45, 7) is 3.17. The van der Waals surface area contributed by atoms with Crippen molar-refractivity contribution >= 4 is 0 Å². The van der Waals surface area contributed by atoms with Crippen molar-refractivity contribution in [2.24, 2.45) is 0 Å². The van der Waals surface area contributed by atoms with Gasteiger partial charge in [-0.1, -0.05) is 12.1 Å². The Morgan fingerprint density at radius 2 is 2.19 bits per heavy atom. The fraction of sp³-hybridized carbons (Fsp3) is 0.538. The molecule has 0 spiro atoms. The molecule has 1 heterocycles. The molecule has 2 aliphatic rings. The Labute approximate surface area is 95.4 Å². The Morgan fingerprint density at radius 1 is 1.31 bits per heavy atom. The lowest BCUT2D eigenvalue weighted by atomic mass is 10.0. The third kappa shape index (κ3) is 2.11. The standard InChI is InChI=1S/C13H17FN2/c14-11-3-1-2-10(8-11)13-9-16(7-6-15-13)12-4-5-12/h1-3,8,12-13,15H,4-7,9H2/t13-/m1/s1. The maximum Gasteiger partial charge on any atom is 0.123 e. The molecule has 1 saturated heterocycles. The number of hydrogen-bond acceptors (Lipinski definition) is 2. The molecule has 1 aliphatic heterocycles. The van der Waals surface area contributed by atoms with Crippen LogP contribution in [-0.2, 0) is 0 Å². The molecule has 1 saturated carbocycles. The van der Waals surface area contributed by atoms with Gasteiger partial charge >= 0.3 is 0 Å². The molecule has 0 aromatic heterocycles. The van der Waals surface area contributed by atoms with Crippen molar-refractivity contribution in [3.05, 3.63) is 35.6 Å². The normalized spacial score (nSPS) is 26.9. The minimum absolute atomic E-state index is 0.136. The smallest absolute Gasteiger partial charge is 0.123 e. The molecule has 3 heteroatoms. The average Bonchev–Trinajstić information content (AvgIpc) is 3.13. The molecule has 1 N–H and O–H groups in total. The van der Waals surface area contributed by atoms with Crippen LogP contribution in [0.3, 0.4) is 0 Å². The van der Waals surface area contributed by atoms with Gasteiger partial charge in [0.1, 0.15) is 5.82 Å².